The van der Waals surface area contributed by atoms with Crippen molar-refractivity contribution in [1.82, 2.24) is 5.32 Å². The van der Waals surface area contributed by atoms with Gasteiger partial charge in [0.15, 0.2) is 0 Å². The van der Waals surface area contributed by atoms with Crippen LogP contribution in [0.15, 0.2) is 0 Å². The maximum absolute atomic E-state index is 11.7. The lowest BCUT2D eigenvalue weighted by Crippen LogP contribution is -2.51. The Morgan fingerprint density at radius 3 is 2.64 bits per heavy atom. The zero-order valence-electron chi connectivity index (χ0n) is 9.17. The van der Waals surface area contributed by atoms with E-state index in [1.807, 2.05) is 32.5 Å². The summed E-state index contributed by atoms with van der Waals surface area (Å²) in [6.45, 7) is 5.96. The van der Waals surface area contributed by atoms with Gasteiger partial charge in [-0.05, 0) is 17.6 Å². The van der Waals surface area contributed by atoms with Gasteiger partial charge in [0.2, 0.25) is 5.91 Å². The van der Waals surface area contributed by atoms with E-state index in [2.05, 4.69) is 5.32 Å². The van der Waals surface area contributed by atoms with Gasteiger partial charge in [-0.25, -0.2) is 0 Å². The van der Waals surface area contributed by atoms with Gasteiger partial charge in [0, 0.05) is 11.8 Å². The molecule has 1 unspecified atom stereocenters. The molecule has 0 saturated carbocycles. The highest BCUT2D eigenvalue weighted by Crippen LogP contribution is 2.20. The number of thioether (sulfide) groups is 1. The molecule has 0 spiro atoms. The molecule has 3 nitrogen and oxygen atoms in total. The Labute approximate surface area is 90.2 Å². The van der Waals surface area contributed by atoms with Crippen molar-refractivity contribution in [2.75, 3.05) is 11.5 Å². The predicted molar refractivity (Wildman–Crippen MR) is 61.3 cm³/mol. The number of carbonyl (C=O) groups is 1. The first kappa shape index (κ1) is 11.9. The largest absolute Gasteiger partial charge is 0.351 e. The van der Waals surface area contributed by atoms with Crippen LogP contribution in [0.2, 0.25) is 0 Å². The summed E-state index contributed by atoms with van der Waals surface area (Å²) >= 11 is 1.89. The average Bonchev–Trinajstić information content (AvgIpc) is 2.53. The van der Waals surface area contributed by atoms with Crippen molar-refractivity contribution in [3.05, 3.63) is 0 Å². The number of nitrogens with two attached hydrogens (primary N) is 1. The second-order valence-electron chi connectivity index (χ2n) is 4.91. The molecule has 1 amide bonds. The van der Waals surface area contributed by atoms with Crippen LogP contribution in [-0.4, -0.2) is 29.5 Å². The van der Waals surface area contributed by atoms with E-state index in [0.29, 0.717) is 6.04 Å². The Kier molecular flexibility index (Phi) is 3.84. The molecule has 1 rings (SSSR count). The number of hydrogen-bond donors (Lipinski definition) is 2. The standard InChI is InChI=1S/C10H20N2OS/c1-10(2,3)8(11)9(13)12-7-4-5-14-6-7/h7-8H,4-6,11H2,1-3H3,(H,12,13)/t7?,8-/m1/s1. The lowest BCUT2D eigenvalue weighted by molar-refractivity contribution is -0.125. The molecule has 1 aliphatic rings. The van der Waals surface area contributed by atoms with E-state index in [4.69, 9.17) is 5.73 Å². The van der Waals surface area contributed by atoms with Crippen LogP contribution in [0.1, 0.15) is 27.2 Å². The molecule has 1 saturated heterocycles. The fourth-order valence-electron chi connectivity index (χ4n) is 1.33. The summed E-state index contributed by atoms with van der Waals surface area (Å²) in [5.41, 5.74) is 5.70. The molecule has 1 heterocycles. The number of nitrogens with one attached hydrogen (secondary N) is 1. The molecule has 0 bridgehead atoms. The van der Waals surface area contributed by atoms with Gasteiger partial charge in [0.1, 0.15) is 0 Å². The van der Waals surface area contributed by atoms with Crippen LogP contribution in [0.3, 0.4) is 0 Å². The van der Waals surface area contributed by atoms with Crippen molar-refractivity contribution < 1.29 is 4.79 Å². The highest BCUT2D eigenvalue weighted by molar-refractivity contribution is 7.99. The lowest BCUT2D eigenvalue weighted by atomic mass is 9.87. The van der Waals surface area contributed by atoms with Gasteiger partial charge in [0.25, 0.3) is 0 Å². The zero-order valence-corrected chi connectivity index (χ0v) is 9.99. The molecule has 0 aromatic heterocycles. The minimum Gasteiger partial charge on any atom is -0.351 e. The Bertz CT molecular complexity index is 207. The number of amides is 1. The van der Waals surface area contributed by atoms with Gasteiger partial charge in [-0.15, -0.1) is 0 Å². The first-order valence-electron chi connectivity index (χ1n) is 5.05. The smallest absolute Gasteiger partial charge is 0.237 e. The van der Waals surface area contributed by atoms with Gasteiger partial charge < -0.3 is 11.1 Å². The third kappa shape index (κ3) is 3.17. The van der Waals surface area contributed by atoms with E-state index < -0.39 is 6.04 Å². The Hall–Kier alpha value is -0.220. The van der Waals surface area contributed by atoms with Crippen LogP contribution < -0.4 is 11.1 Å². The van der Waals surface area contributed by atoms with Crippen LogP contribution >= 0.6 is 11.8 Å². The Morgan fingerprint density at radius 2 is 2.21 bits per heavy atom. The van der Waals surface area contributed by atoms with Crippen molar-refractivity contribution in [2.45, 2.75) is 39.3 Å². The quantitative estimate of drug-likeness (QED) is 0.723. The molecular formula is C10H20N2OS. The minimum atomic E-state index is -0.409. The van der Waals surface area contributed by atoms with Crippen LogP contribution in [0, 0.1) is 5.41 Å². The van der Waals surface area contributed by atoms with Gasteiger partial charge in [0.05, 0.1) is 6.04 Å². The molecule has 0 aromatic rings. The molecule has 4 heteroatoms. The molecule has 14 heavy (non-hydrogen) atoms. The monoisotopic (exact) mass is 216 g/mol. The number of carbonyl (C=O) groups excluding carboxylic acids is 1. The Balaban J connectivity index is 2.41. The van der Waals surface area contributed by atoms with Gasteiger partial charge in [-0.1, -0.05) is 20.8 Å². The molecule has 82 valence electrons. The first-order chi connectivity index (χ1) is 6.41. The molecule has 2 atom stereocenters. The Morgan fingerprint density at radius 1 is 1.57 bits per heavy atom. The van der Waals surface area contributed by atoms with Crippen LogP contribution in [0.5, 0.6) is 0 Å². The topological polar surface area (TPSA) is 55.1 Å². The van der Waals surface area contributed by atoms with E-state index >= 15 is 0 Å². The molecule has 0 aliphatic carbocycles. The van der Waals surface area contributed by atoms with Crippen LogP contribution in [-0.2, 0) is 4.79 Å². The van der Waals surface area contributed by atoms with E-state index in [1.54, 1.807) is 0 Å². The lowest BCUT2D eigenvalue weighted by Gasteiger charge is -2.27. The summed E-state index contributed by atoms with van der Waals surface area (Å²) in [6.07, 6.45) is 1.08. The molecule has 0 radical (unpaired) electrons. The van der Waals surface area contributed by atoms with E-state index in [9.17, 15) is 4.79 Å². The van der Waals surface area contributed by atoms with Gasteiger partial charge in [-0.2, -0.15) is 11.8 Å². The number of hydrogen-bond acceptors (Lipinski definition) is 3. The maximum atomic E-state index is 11.7. The summed E-state index contributed by atoms with van der Waals surface area (Å²) in [4.78, 5) is 11.7. The minimum absolute atomic E-state index is 0.00926. The maximum Gasteiger partial charge on any atom is 0.237 e. The fourth-order valence-corrected chi connectivity index (χ4v) is 2.48. The second-order valence-corrected chi connectivity index (χ2v) is 6.06. The van der Waals surface area contributed by atoms with E-state index in [1.165, 1.54) is 0 Å². The van der Waals surface area contributed by atoms with Crippen molar-refractivity contribution in [2.24, 2.45) is 11.1 Å². The van der Waals surface area contributed by atoms with Crippen LogP contribution in [0.25, 0.3) is 0 Å². The molecule has 1 aliphatic heterocycles. The first-order valence-corrected chi connectivity index (χ1v) is 6.20. The van der Waals surface area contributed by atoms with Crippen molar-refractivity contribution in [3.8, 4) is 0 Å². The second kappa shape index (κ2) is 4.53. The normalized spacial score (nSPS) is 24.7. The summed E-state index contributed by atoms with van der Waals surface area (Å²) in [5.74, 6) is 2.17. The average molecular weight is 216 g/mol. The highest BCUT2D eigenvalue weighted by Gasteiger charge is 2.29. The van der Waals surface area contributed by atoms with Crippen molar-refractivity contribution in [3.63, 3.8) is 0 Å². The van der Waals surface area contributed by atoms with Gasteiger partial charge >= 0.3 is 0 Å². The highest BCUT2D eigenvalue weighted by atomic mass is 32.2. The molecule has 1 fully saturated rings. The van der Waals surface area contributed by atoms with Crippen LogP contribution in [0.4, 0.5) is 0 Å². The summed E-state index contributed by atoms with van der Waals surface area (Å²) in [6, 6.07) is -0.0750. The van der Waals surface area contributed by atoms with E-state index in [0.717, 1.165) is 17.9 Å². The third-order valence-electron chi connectivity index (χ3n) is 2.49. The van der Waals surface area contributed by atoms with E-state index in [-0.39, 0.29) is 11.3 Å². The summed E-state index contributed by atoms with van der Waals surface area (Å²) in [5, 5.41) is 3.00. The van der Waals surface area contributed by atoms with Crippen molar-refractivity contribution >= 4 is 17.7 Å². The summed E-state index contributed by atoms with van der Waals surface area (Å²) < 4.78 is 0. The van der Waals surface area contributed by atoms with Crippen molar-refractivity contribution in [1.29, 1.82) is 0 Å². The summed E-state index contributed by atoms with van der Waals surface area (Å²) in [7, 11) is 0. The van der Waals surface area contributed by atoms with Gasteiger partial charge in [-0.3, -0.25) is 4.79 Å². The fraction of sp³-hybridized carbons (Fsp3) is 0.900. The SMILES string of the molecule is CC(C)(C)[C@H](N)C(=O)NC1CCSC1. The molecule has 3 N–H and O–H groups in total. The predicted octanol–water partition coefficient (Wildman–Crippen LogP) is 0.982. The molecular weight excluding hydrogens is 196 g/mol. The number of rotatable bonds is 2. The molecule has 0 aromatic carbocycles. The third-order valence-corrected chi connectivity index (χ3v) is 3.65. The zero-order chi connectivity index (χ0) is 10.8.